The summed E-state index contributed by atoms with van der Waals surface area (Å²) >= 11 is 0. The normalized spacial score (nSPS) is 10.4. The van der Waals surface area contributed by atoms with E-state index in [2.05, 4.69) is 15.5 Å². The fourth-order valence-electron chi connectivity index (χ4n) is 2.34. The van der Waals surface area contributed by atoms with E-state index in [1.807, 2.05) is 37.3 Å². The standard InChI is InChI=1S/C18H17N3O3/c1-3-19-17(22)14-9-4-5-10-15(14)18-20-16(21-24-18)12-7-6-8-13(11-12)23-2/h4-11H,3H2,1-2H3,(H,19,22). The highest BCUT2D eigenvalue weighted by Gasteiger charge is 2.17. The number of carbonyl (C=O) groups excluding carboxylic acids is 1. The molecule has 0 radical (unpaired) electrons. The highest BCUT2D eigenvalue weighted by Crippen LogP contribution is 2.26. The molecule has 0 aliphatic rings. The summed E-state index contributed by atoms with van der Waals surface area (Å²) in [5, 5.41) is 6.79. The Kier molecular flexibility index (Phi) is 4.56. The minimum atomic E-state index is -0.172. The maximum absolute atomic E-state index is 12.2. The Labute approximate surface area is 139 Å². The second kappa shape index (κ2) is 6.95. The lowest BCUT2D eigenvalue weighted by Crippen LogP contribution is -2.23. The zero-order valence-electron chi connectivity index (χ0n) is 13.4. The first kappa shape index (κ1) is 15.7. The Morgan fingerprint density at radius 2 is 2.04 bits per heavy atom. The van der Waals surface area contributed by atoms with Crippen LogP contribution < -0.4 is 10.1 Å². The van der Waals surface area contributed by atoms with Crippen molar-refractivity contribution in [2.75, 3.05) is 13.7 Å². The van der Waals surface area contributed by atoms with Gasteiger partial charge in [-0.05, 0) is 31.2 Å². The summed E-state index contributed by atoms with van der Waals surface area (Å²) in [4.78, 5) is 16.6. The molecular weight excluding hydrogens is 306 g/mol. The number of methoxy groups -OCH3 is 1. The molecule has 3 rings (SSSR count). The van der Waals surface area contributed by atoms with Crippen LogP contribution in [0.1, 0.15) is 17.3 Å². The number of hydrogen-bond donors (Lipinski definition) is 1. The molecule has 0 bridgehead atoms. The van der Waals surface area contributed by atoms with Crippen molar-refractivity contribution in [1.29, 1.82) is 0 Å². The molecule has 1 heterocycles. The van der Waals surface area contributed by atoms with Gasteiger partial charge in [-0.3, -0.25) is 4.79 Å². The van der Waals surface area contributed by atoms with Crippen molar-refractivity contribution in [3.8, 4) is 28.6 Å². The molecule has 0 fully saturated rings. The molecular formula is C18H17N3O3. The second-order valence-electron chi connectivity index (χ2n) is 5.06. The number of ether oxygens (including phenoxy) is 1. The first-order valence-electron chi connectivity index (χ1n) is 7.58. The maximum Gasteiger partial charge on any atom is 0.259 e. The number of carbonyl (C=O) groups is 1. The van der Waals surface area contributed by atoms with E-state index in [0.717, 1.165) is 5.56 Å². The predicted octanol–water partition coefficient (Wildman–Crippen LogP) is 3.16. The Hall–Kier alpha value is -3.15. The molecule has 0 unspecified atom stereocenters. The number of hydrogen-bond acceptors (Lipinski definition) is 5. The van der Waals surface area contributed by atoms with Crippen LogP contribution >= 0.6 is 0 Å². The molecule has 24 heavy (non-hydrogen) atoms. The van der Waals surface area contributed by atoms with E-state index in [4.69, 9.17) is 9.26 Å². The molecule has 6 nitrogen and oxygen atoms in total. The van der Waals surface area contributed by atoms with Gasteiger partial charge < -0.3 is 14.6 Å². The number of benzene rings is 2. The van der Waals surface area contributed by atoms with Gasteiger partial charge in [0, 0.05) is 12.1 Å². The van der Waals surface area contributed by atoms with E-state index in [0.29, 0.717) is 35.1 Å². The van der Waals surface area contributed by atoms with Gasteiger partial charge in [0.05, 0.1) is 18.2 Å². The molecule has 1 amide bonds. The van der Waals surface area contributed by atoms with E-state index in [-0.39, 0.29) is 5.91 Å². The van der Waals surface area contributed by atoms with Gasteiger partial charge in [-0.1, -0.05) is 29.4 Å². The van der Waals surface area contributed by atoms with Crippen LogP contribution in [-0.2, 0) is 0 Å². The van der Waals surface area contributed by atoms with Crippen LogP contribution in [0.3, 0.4) is 0 Å². The summed E-state index contributed by atoms with van der Waals surface area (Å²) in [6.45, 7) is 2.42. The van der Waals surface area contributed by atoms with E-state index in [9.17, 15) is 4.79 Å². The summed E-state index contributed by atoms with van der Waals surface area (Å²) in [6.07, 6.45) is 0. The molecule has 0 spiro atoms. The first-order chi connectivity index (χ1) is 11.7. The van der Waals surface area contributed by atoms with Gasteiger partial charge in [0.2, 0.25) is 5.82 Å². The lowest BCUT2D eigenvalue weighted by atomic mass is 10.1. The third-order valence-corrected chi connectivity index (χ3v) is 3.49. The van der Waals surface area contributed by atoms with Gasteiger partial charge in [0.1, 0.15) is 5.75 Å². The van der Waals surface area contributed by atoms with Crippen molar-refractivity contribution in [3.05, 3.63) is 54.1 Å². The molecule has 1 N–H and O–H groups in total. The summed E-state index contributed by atoms with van der Waals surface area (Å²) in [5.41, 5.74) is 1.88. The molecule has 2 aromatic carbocycles. The molecule has 1 aromatic heterocycles. The molecule has 0 atom stereocenters. The first-order valence-corrected chi connectivity index (χ1v) is 7.58. The number of amides is 1. The minimum Gasteiger partial charge on any atom is -0.497 e. The predicted molar refractivity (Wildman–Crippen MR) is 89.7 cm³/mol. The number of rotatable bonds is 5. The SMILES string of the molecule is CCNC(=O)c1ccccc1-c1nc(-c2cccc(OC)c2)no1. The van der Waals surface area contributed by atoms with Crippen LogP contribution in [-0.4, -0.2) is 29.7 Å². The van der Waals surface area contributed by atoms with Crippen LogP contribution in [0.15, 0.2) is 53.1 Å². The van der Waals surface area contributed by atoms with Crippen LogP contribution in [0.4, 0.5) is 0 Å². The lowest BCUT2D eigenvalue weighted by molar-refractivity contribution is 0.0956. The van der Waals surface area contributed by atoms with Crippen molar-refractivity contribution in [2.24, 2.45) is 0 Å². The van der Waals surface area contributed by atoms with E-state index < -0.39 is 0 Å². The van der Waals surface area contributed by atoms with Crippen molar-refractivity contribution in [1.82, 2.24) is 15.5 Å². The van der Waals surface area contributed by atoms with E-state index in [1.165, 1.54) is 0 Å². The van der Waals surface area contributed by atoms with Crippen LogP contribution in [0.2, 0.25) is 0 Å². The summed E-state index contributed by atoms with van der Waals surface area (Å²) < 4.78 is 10.6. The molecule has 0 aliphatic heterocycles. The molecule has 0 aliphatic carbocycles. The van der Waals surface area contributed by atoms with Crippen LogP contribution in [0.5, 0.6) is 5.75 Å². The molecule has 122 valence electrons. The van der Waals surface area contributed by atoms with E-state index in [1.54, 1.807) is 25.3 Å². The topological polar surface area (TPSA) is 77.2 Å². The highest BCUT2D eigenvalue weighted by atomic mass is 16.5. The summed E-state index contributed by atoms with van der Waals surface area (Å²) in [7, 11) is 1.60. The van der Waals surface area contributed by atoms with E-state index >= 15 is 0 Å². The lowest BCUT2D eigenvalue weighted by Gasteiger charge is -2.05. The van der Waals surface area contributed by atoms with Gasteiger partial charge in [-0.25, -0.2) is 0 Å². The maximum atomic E-state index is 12.2. The zero-order valence-corrected chi connectivity index (χ0v) is 13.4. The van der Waals surface area contributed by atoms with Gasteiger partial charge in [0.15, 0.2) is 0 Å². The van der Waals surface area contributed by atoms with Gasteiger partial charge in [-0.2, -0.15) is 4.98 Å². The monoisotopic (exact) mass is 323 g/mol. The summed E-state index contributed by atoms with van der Waals surface area (Å²) in [5.74, 6) is 1.28. The molecule has 0 saturated carbocycles. The Morgan fingerprint density at radius 3 is 2.83 bits per heavy atom. The van der Waals surface area contributed by atoms with Crippen LogP contribution in [0, 0.1) is 0 Å². The van der Waals surface area contributed by atoms with Crippen molar-refractivity contribution in [2.45, 2.75) is 6.92 Å². The summed E-state index contributed by atoms with van der Waals surface area (Å²) in [6, 6.07) is 14.5. The molecule has 6 heteroatoms. The fraction of sp³-hybridized carbons (Fsp3) is 0.167. The number of nitrogens with zero attached hydrogens (tertiary/aromatic N) is 2. The number of nitrogens with one attached hydrogen (secondary N) is 1. The van der Waals surface area contributed by atoms with Crippen LogP contribution in [0.25, 0.3) is 22.8 Å². The quantitative estimate of drug-likeness (QED) is 0.780. The van der Waals surface area contributed by atoms with Gasteiger partial charge in [-0.15, -0.1) is 0 Å². The van der Waals surface area contributed by atoms with Gasteiger partial charge in [0.25, 0.3) is 11.8 Å². The Bertz CT molecular complexity index is 858. The molecule has 3 aromatic rings. The average molecular weight is 323 g/mol. The average Bonchev–Trinajstić information content (AvgIpc) is 3.12. The largest absolute Gasteiger partial charge is 0.497 e. The van der Waals surface area contributed by atoms with Crippen molar-refractivity contribution in [3.63, 3.8) is 0 Å². The number of aromatic nitrogens is 2. The zero-order chi connectivity index (χ0) is 16.9. The molecule has 0 saturated heterocycles. The Morgan fingerprint density at radius 1 is 1.21 bits per heavy atom. The van der Waals surface area contributed by atoms with Gasteiger partial charge >= 0.3 is 0 Å². The minimum absolute atomic E-state index is 0.172. The smallest absolute Gasteiger partial charge is 0.259 e. The second-order valence-corrected chi connectivity index (χ2v) is 5.06. The van der Waals surface area contributed by atoms with Crippen molar-refractivity contribution < 1.29 is 14.1 Å². The Balaban J connectivity index is 1.98. The third-order valence-electron chi connectivity index (χ3n) is 3.49. The highest BCUT2D eigenvalue weighted by molar-refractivity contribution is 5.99. The third kappa shape index (κ3) is 3.12. The van der Waals surface area contributed by atoms with Crippen molar-refractivity contribution >= 4 is 5.91 Å². The fourth-order valence-corrected chi connectivity index (χ4v) is 2.34.